The first-order valence-corrected chi connectivity index (χ1v) is 5.76. The van der Waals surface area contributed by atoms with Crippen LogP contribution < -0.4 is 10.6 Å². The Hall–Kier alpha value is -0.580. The van der Waals surface area contributed by atoms with Crippen LogP contribution in [0.25, 0.3) is 0 Å². The van der Waals surface area contributed by atoms with E-state index in [-0.39, 0.29) is 5.91 Å². The summed E-state index contributed by atoms with van der Waals surface area (Å²) < 4.78 is 0.880. The summed E-state index contributed by atoms with van der Waals surface area (Å²) in [5.74, 6) is -0.100. The molecule has 15 heavy (non-hydrogen) atoms. The Morgan fingerprint density at radius 3 is 2.93 bits per heavy atom. The Morgan fingerprint density at radius 2 is 2.27 bits per heavy atom. The molecule has 0 aromatic heterocycles. The summed E-state index contributed by atoms with van der Waals surface area (Å²) in [4.78, 5) is 11.4. The van der Waals surface area contributed by atoms with E-state index in [2.05, 4.69) is 26.6 Å². The number of anilines is 1. The third-order valence-corrected chi connectivity index (χ3v) is 2.56. The van der Waals surface area contributed by atoms with Crippen molar-refractivity contribution in [3.8, 4) is 0 Å². The Morgan fingerprint density at radius 1 is 1.53 bits per heavy atom. The van der Waals surface area contributed by atoms with Crippen molar-refractivity contribution in [1.82, 2.24) is 5.32 Å². The van der Waals surface area contributed by atoms with Gasteiger partial charge in [-0.25, -0.2) is 0 Å². The topological polar surface area (TPSA) is 41.1 Å². The molecule has 0 unspecified atom stereocenters. The Balaban J connectivity index is 2.63. The van der Waals surface area contributed by atoms with Gasteiger partial charge in [-0.1, -0.05) is 34.5 Å². The molecule has 0 saturated heterocycles. The smallest absolute Gasteiger partial charge is 0.238 e. The highest BCUT2D eigenvalue weighted by Crippen LogP contribution is 2.25. The normalized spacial score (nSPS) is 10.1. The lowest BCUT2D eigenvalue weighted by molar-refractivity contribution is -0.115. The van der Waals surface area contributed by atoms with E-state index in [1.54, 1.807) is 12.1 Å². The third kappa shape index (κ3) is 4.20. The molecule has 0 radical (unpaired) electrons. The number of rotatable bonds is 4. The minimum absolute atomic E-state index is 0.100. The summed E-state index contributed by atoms with van der Waals surface area (Å²) in [5.41, 5.74) is 0.619. The van der Waals surface area contributed by atoms with Crippen LogP contribution in [0.1, 0.15) is 6.92 Å². The van der Waals surface area contributed by atoms with Crippen LogP contribution in [0.4, 0.5) is 5.69 Å². The molecule has 0 aliphatic carbocycles. The van der Waals surface area contributed by atoms with Crippen molar-refractivity contribution in [1.29, 1.82) is 0 Å². The van der Waals surface area contributed by atoms with Crippen LogP contribution in [0.15, 0.2) is 22.7 Å². The fourth-order valence-corrected chi connectivity index (χ4v) is 1.55. The highest BCUT2D eigenvalue weighted by molar-refractivity contribution is 9.10. The maximum atomic E-state index is 11.4. The number of likely N-dealkylation sites (N-methyl/N-ethyl adjacent to an activating group) is 1. The van der Waals surface area contributed by atoms with E-state index in [1.165, 1.54) is 0 Å². The molecule has 5 heteroatoms. The maximum absolute atomic E-state index is 11.4. The Labute approximate surface area is 102 Å². The maximum Gasteiger partial charge on any atom is 0.238 e. The van der Waals surface area contributed by atoms with Gasteiger partial charge in [0, 0.05) is 4.47 Å². The van der Waals surface area contributed by atoms with Gasteiger partial charge in [0.15, 0.2) is 0 Å². The molecule has 2 N–H and O–H groups in total. The number of carbonyl (C=O) groups is 1. The van der Waals surface area contributed by atoms with E-state index in [0.29, 0.717) is 17.3 Å². The lowest BCUT2D eigenvalue weighted by Gasteiger charge is -2.07. The van der Waals surface area contributed by atoms with Crippen molar-refractivity contribution >= 4 is 39.1 Å². The van der Waals surface area contributed by atoms with E-state index in [9.17, 15) is 4.79 Å². The van der Waals surface area contributed by atoms with Gasteiger partial charge in [0.1, 0.15) is 0 Å². The summed E-state index contributed by atoms with van der Waals surface area (Å²) in [6.45, 7) is 3.00. The second-order valence-electron chi connectivity index (χ2n) is 2.95. The molecule has 0 heterocycles. The molecular formula is C10H12BrClN2O. The van der Waals surface area contributed by atoms with Gasteiger partial charge < -0.3 is 10.6 Å². The van der Waals surface area contributed by atoms with Crippen molar-refractivity contribution in [2.24, 2.45) is 0 Å². The van der Waals surface area contributed by atoms with Gasteiger partial charge in [-0.05, 0) is 24.7 Å². The van der Waals surface area contributed by atoms with Crippen LogP contribution in [-0.4, -0.2) is 19.0 Å². The van der Waals surface area contributed by atoms with Gasteiger partial charge in [0.05, 0.1) is 17.3 Å². The Kier molecular flexibility index (Phi) is 5.08. The summed E-state index contributed by atoms with van der Waals surface area (Å²) >= 11 is 9.23. The summed E-state index contributed by atoms with van der Waals surface area (Å²) in [5, 5.41) is 6.19. The van der Waals surface area contributed by atoms with E-state index in [4.69, 9.17) is 11.6 Å². The fraction of sp³-hybridized carbons (Fsp3) is 0.300. The van der Waals surface area contributed by atoms with Crippen molar-refractivity contribution < 1.29 is 4.79 Å². The molecule has 0 bridgehead atoms. The number of carbonyl (C=O) groups excluding carboxylic acids is 1. The predicted octanol–water partition coefficient (Wildman–Crippen LogP) is 2.65. The number of nitrogens with one attached hydrogen (secondary N) is 2. The third-order valence-electron chi connectivity index (χ3n) is 1.74. The quantitative estimate of drug-likeness (QED) is 0.895. The molecule has 0 aliphatic heterocycles. The van der Waals surface area contributed by atoms with Crippen LogP contribution in [-0.2, 0) is 4.79 Å². The van der Waals surface area contributed by atoms with Crippen LogP contribution in [0.5, 0.6) is 0 Å². The predicted molar refractivity (Wildman–Crippen MR) is 66.3 cm³/mol. The molecule has 1 aromatic rings. The van der Waals surface area contributed by atoms with Crippen molar-refractivity contribution in [2.45, 2.75) is 6.92 Å². The van der Waals surface area contributed by atoms with Crippen molar-refractivity contribution in [2.75, 3.05) is 18.4 Å². The molecule has 1 rings (SSSR count). The molecule has 0 spiro atoms. The van der Waals surface area contributed by atoms with E-state index in [0.717, 1.165) is 11.0 Å². The summed E-state index contributed by atoms with van der Waals surface area (Å²) in [6, 6.07) is 5.32. The van der Waals surface area contributed by atoms with Gasteiger partial charge in [0.2, 0.25) is 5.91 Å². The first-order valence-electron chi connectivity index (χ1n) is 4.59. The van der Waals surface area contributed by atoms with Crippen LogP contribution in [0.3, 0.4) is 0 Å². The second kappa shape index (κ2) is 6.10. The zero-order valence-electron chi connectivity index (χ0n) is 8.31. The van der Waals surface area contributed by atoms with Crippen molar-refractivity contribution in [3.05, 3.63) is 27.7 Å². The molecule has 0 atom stereocenters. The van der Waals surface area contributed by atoms with Crippen LogP contribution >= 0.6 is 27.5 Å². The van der Waals surface area contributed by atoms with Gasteiger partial charge in [-0.3, -0.25) is 4.79 Å². The van der Waals surface area contributed by atoms with Crippen LogP contribution in [0.2, 0.25) is 5.02 Å². The second-order valence-corrected chi connectivity index (χ2v) is 4.28. The number of halogens is 2. The highest BCUT2D eigenvalue weighted by atomic mass is 79.9. The molecule has 0 aliphatic rings. The van der Waals surface area contributed by atoms with E-state index in [1.807, 2.05) is 13.0 Å². The van der Waals surface area contributed by atoms with E-state index < -0.39 is 0 Å². The average molecular weight is 292 g/mol. The first-order chi connectivity index (χ1) is 7.13. The molecule has 82 valence electrons. The molecule has 0 saturated carbocycles. The highest BCUT2D eigenvalue weighted by Gasteiger charge is 2.05. The van der Waals surface area contributed by atoms with Gasteiger partial charge in [-0.2, -0.15) is 0 Å². The average Bonchev–Trinajstić information content (AvgIpc) is 2.20. The number of benzene rings is 1. The largest absolute Gasteiger partial charge is 0.324 e. The summed E-state index contributed by atoms with van der Waals surface area (Å²) in [6.07, 6.45) is 0. The molecular weight excluding hydrogens is 279 g/mol. The zero-order valence-corrected chi connectivity index (χ0v) is 10.7. The SMILES string of the molecule is CCNCC(=O)Nc1cc(Br)ccc1Cl. The van der Waals surface area contributed by atoms with Crippen LogP contribution in [0, 0.1) is 0 Å². The lowest BCUT2D eigenvalue weighted by Crippen LogP contribution is -2.27. The monoisotopic (exact) mass is 290 g/mol. The van der Waals surface area contributed by atoms with E-state index >= 15 is 0 Å². The van der Waals surface area contributed by atoms with Gasteiger partial charge >= 0.3 is 0 Å². The molecule has 1 aromatic carbocycles. The zero-order chi connectivity index (χ0) is 11.3. The Bertz CT molecular complexity index is 357. The van der Waals surface area contributed by atoms with Crippen molar-refractivity contribution in [3.63, 3.8) is 0 Å². The number of hydrogen-bond donors (Lipinski definition) is 2. The lowest BCUT2D eigenvalue weighted by atomic mass is 10.3. The van der Waals surface area contributed by atoms with Gasteiger partial charge in [0.25, 0.3) is 0 Å². The standard InChI is InChI=1S/C10H12BrClN2O/c1-2-13-6-10(15)14-9-5-7(11)3-4-8(9)12/h3-5,13H,2,6H2,1H3,(H,14,15). The first kappa shape index (κ1) is 12.5. The molecule has 1 amide bonds. The number of amides is 1. The fourth-order valence-electron chi connectivity index (χ4n) is 1.03. The summed E-state index contributed by atoms with van der Waals surface area (Å²) in [7, 11) is 0. The minimum atomic E-state index is -0.100. The number of hydrogen-bond acceptors (Lipinski definition) is 2. The molecule has 0 fully saturated rings. The van der Waals surface area contributed by atoms with Gasteiger partial charge in [-0.15, -0.1) is 0 Å². The minimum Gasteiger partial charge on any atom is -0.324 e. The molecule has 3 nitrogen and oxygen atoms in total.